The number of thiol groups is 2. The molecule has 68 valence electrons. The molecule has 0 bridgehead atoms. The smallest absolute Gasteiger partial charge is 0.210 e. The molecule has 0 spiro atoms. The van der Waals surface area contributed by atoms with E-state index in [0.717, 1.165) is 6.08 Å². The number of hydrogen-bond donors (Lipinski definition) is 4. The van der Waals surface area contributed by atoms with Gasteiger partial charge in [0.15, 0.2) is 0 Å². The van der Waals surface area contributed by atoms with Gasteiger partial charge in [-0.05, 0) is 6.08 Å². The Labute approximate surface area is 79.5 Å². The third kappa shape index (κ3) is 1.39. The van der Waals surface area contributed by atoms with Crippen molar-refractivity contribution in [2.45, 2.75) is 11.8 Å². The van der Waals surface area contributed by atoms with E-state index in [-0.39, 0.29) is 9.81 Å². The molecule has 1 rings (SSSR count). The lowest BCUT2D eigenvalue weighted by Gasteiger charge is -2.30. The van der Waals surface area contributed by atoms with Gasteiger partial charge in [-0.2, -0.15) is 0 Å². The van der Waals surface area contributed by atoms with Gasteiger partial charge in [0.1, 0.15) is 5.83 Å². The standard InChI is InChI=1S/C6H8F2N2S2/c7-2-1-3(11)6(8,10)5(9)4(2)12/h1,5,11-12H,9-10H2. The number of nitrogens with two attached hydrogens (primary N) is 2. The van der Waals surface area contributed by atoms with Crippen LogP contribution < -0.4 is 11.5 Å². The molecular formula is C6H8F2N2S2. The van der Waals surface area contributed by atoms with E-state index in [1.165, 1.54) is 0 Å². The summed E-state index contributed by atoms with van der Waals surface area (Å²) in [4.78, 5) is -0.428. The van der Waals surface area contributed by atoms with Crippen molar-refractivity contribution < 1.29 is 8.78 Å². The molecule has 0 heterocycles. The van der Waals surface area contributed by atoms with Gasteiger partial charge in [-0.1, -0.05) is 0 Å². The molecule has 4 N–H and O–H groups in total. The molecule has 0 saturated heterocycles. The lowest BCUT2D eigenvalue weighted by molar-refractivity contribution is 0.206. The molecule has 0 aromatic heterocycles. The van der Waals surface area contributed by atoms with E-state index in [4.69, 9.17) is 11.5 Å². The largest absolute Gasteiger partial charge is 0.319 e. The van der Waals surface area contributed by atoms with Gasteiger partial charge in [0.05, 0.1) is 6.04 Å². The maximum absolute atomic E-state index is 13.3. The number of alkyl halides is 1. The van der Waals surface area contributed by atoms with Crippen molar-refractivity contribution in [3.8, 4) is 0 Å². The Morgan fingerprint density at radius 3 is 2.50 bits per heavy atom. The summed E-state index contributed by atoms with van der Waals surface area (Å²) in [7, 11) is 0. The maximum atomic E-state index is 13.3. The molecule has 1 aliphatic carbocycles. The van der Waals surface area contributed by atoms with Crippen molar-refractivity contribution in [1.29, 1.82) is 0 Å². The van der Waals surface area contributed by atoms with Gasteiger partial charge in [-0.15, -0.1) is 25.3 Å². The van der Waals surface area contributed by atoms with Gasteiger partial charge in [0, 0.05) is 9.81 Å². The number of halogens is 2. The first kappa shape index (κ1) is 10.0. The highest BCUT2D eigenvalue weighted by Gasteiger charge is 2.40. The highest BCUT2D eigenvalue weighted by Crippen LogP contribution is 2.35. The maximum Gasteiger partial charge on any atom is 0.210 e. The molecule has 0 aliphatic heterocycles. The Bertz CT molecular complexity index is 273. The van der Waals surface area contributed by atoms with E-state index in [1.807, 2.05) is 0 Å². The van der Waals surface area contributed by atoms with Crippen LogP contribution in [-0.4, -0.2) is 11.8 Å². The third-order valence-electron chi connectivity index (χ3n) is 1.65. The minimum Gasteiger partial charge on any atom is -0.319 e. The normalized spacial score (nSPS) is 36.8. The van der Waals surface area contributed by atoms with Gasteiger partial charge in [-0.3, -0.25) is 5.73 Å². The number of hydrogen-bond acceptors (Lipinski definition) is 4. The predicted octanol–water partition coefficient (Wildman–Crippen LogP) is 0.876. The minimum atomic E-state index is -2.32. The Morgan fingerprint density at radius 1 is 1.50 bits per heavy atom. The highest BCUT2D eigenvalue weighted by atomic mass is 32.1. The second-order valence-electron chi connectivity index (χ2n) is 2.51. The Hall–Kier alpha value is -0.0400. The van der Waals surface area contributed by atoms with Crippen LogP contribution in [0.3, 0.4) is 0 Å². The van der Waals surface area contributed by atoms with Gasteiger partial charge < -0.3 is 5.73 Å². The first-order valence-electron chi connectivity index (χ1n) is 3.10. The zero-order chi connectivity index (χ0) is 9.52. The van der Waals surface area contributed by atoms with Crippen molar-refractivity contribution in [2.24, 2.45) is 11.5 Å². The summed E-state index contributed by atoms with van der Waals surface area (Å²) in [5.74, 6) is -3.02. The highest BCUT2D eigenvalue weighted by molar-refractivity contribution is 7.85. The van der Waals surface area contributed by atoms with Crippen LogP contribution in [0.5, 0.6) is 0 Å². The molecule has 2 atom stereocenters. The SMILES string of the molecule is NC1C(S)=C(F)C=C(S)C1(N)F. The van der Waals surface area contributed by atoms with Crippen molar-refractivity contribution in [1.82, 2.24) is 0 Å². The van der Waals surface area contributed by atoms with Crippen LogP contribution in [-0.2, 0) is 0 Å². The quantitative estimate of drug-likeness (QED) is 0.354. The lowest BCUT2D eigenvalue weighted by atomic mass is 10.0. The van der Waals surface area contributed by atoms with Crippen molar-refractivity contribution in [3.05, 3.63) is 21.7 Å². The van der Waals surface area contributed by atoms with Crippen LogP contribution in [0.4, 0.5) is 8.78 Å². The van der Waals surface area contributed by atoms with E-state index in [1.54, 1.807) is 0 Å². The van der Waals surface area contributed by atoms with E-state index < -0.39 is 17.7 Å². The summed E-state index contributed by atoms with van der Waals surface area (Å²) in [5, 5.41) is 0. The summed E-state index contributed by atoms with van der Waals surface area (Å²) in [5.41, 5.74) is 10.4. The summed E-state index contributed by atoms with van der Waals surface area (Å²) in [6.07, 6.45) is 0.870. The molecule has 2 nitrogen and oxygen atoms in total. The van der Waals surface area contributed by atoms with E-state index in [0.29, 0.717) is 0 Å². The second kappa shape index (κ2) is 3.02. The first-order valence-corrected chi connectivity index (χ1v) is 4.00. The van der Waals surface area contributed by atoms with Gasteiger partial charge >= 0.3 is 0 Å². The van der Waals surface area contributed by atoms with Crippen molar-refractivity contribution in [3.63, 3.8) is 0 Å². The fourth-order valence-corrected chi connectivity index (χ4v) is 1.32. The monoisotopic (exact) mass is 210 g/mol. The van der Waals surface area contributed by atoms with Crippen LogP contribution >= 0.6 is 25.3 Å². The molecule has 0 fully saturated rings. The average Bonchev–Trinajstić information content (AvgIpc) is 1.99. The van der Waals surface area contributed by atoms with Gasteiger partial charge in [0.2, 0.25) is 5.79 Å². The van der Waals surface area contributed by atoms with Crippen molar-refractivity contribution >= 4 is 25.3 Å². The third-order valence-corrected chi connectivity index (χ3v) is 2.61. The van der Waals surface area contributed by atoms with E-state index in [2.05, 4.69) is 25.3 Å². The topological polar surface area (TPSA) is 52.0 Å². The molecule has 6 heteroatoms. The fraction of sp³-hybridized carbons (Fsp3) is 0.333. The van der Waals surface area contributed by atoms with E-state index in [9.17, 15) is 8.78 Å². The number of allylic oxidation sites excluding steroid dienone is 2. The van der Waals surface area contributed by atoms with Crippen LogP contribution in [0.1, 0.15) is 0 Å². The van der Waals surface area contributed by atoms with Crippen LogP contribution in [0.25, 0.3) is 0 Å². The van der Waals surface area contributed by atoms with Crippen molar-refractivity contribution in [2.75, 3.05) is 0 Å². The summed E-state index contributed by atoms with van der Waals surface area (Å²) in [6, 6.07) is -1.29. The van der Waals surface area contributed by atoms with Crippen LogP contribution in [0.2, 0.25) is 0 Å². The molecule has 0 aromatic rings. The van der Waals surface area contributed by atoms with Gasteiger partial charge in [0.25, 0.3) is 0 Å². The molecule has 0 aromatic carbocycles. The summed E-state index contributed by atoms with van der Waals surface area (Å²) >= 11 is 7.36. The average molecular weight is 210 g/mol. The van der Waals surface area contributed by atoms with E-state index >= 15 is 0 Å². The fourth-order valence-electron chi connectivity index (χ4n) is 0.811. The molecule has 12 heavy (non-hydrogen) atoms. The molecule has 0 radical (unpaired) electrons. The zero-order valence-corrected chi connectivity index (χ0v) is 7.75. The molecule has 0 amide bonds. The molecular weight excluding hydrogens is 202 g/mol. The Balaban J connectivity index is 3.16. The molecule has 1 aliphatic rings. The Morgan fingerprint density at radius 2 is 2.00 bits per heavy atom. The predicted molar refractivity (Wildman–Crippen MR) is 50.2 cm³/mol. The minimum absolute atomic E-state index is 0.196. The lowest BCUT2D eigenvalue weighted by Crippen LogP contribution is -2.53. The van der Waals surface area contributed by atoms with Crippen LogP contribution in [0, 0.1) is 0 Å². The molecule has 0 saturated carbocycles. The molecule has 2 unspecified atom stereocenters. The second-order valence-corrected chi connectivity index (χ2v) is 3.47. The van der Waals surface area contributed by atoms with Crippen LogP contribution in [0.15, 0.2) is 21.7 Å². The zero-order valence-electron chi connectivity index (χ0n) is 5.96. The summed E-state index contributed by atoms with van der Waals surface area (Å²) < 4.78 is 26.1. The van der Waals surface area contributed by atoms with Gasteiger partial charge in [-0.25, -0.2) is 8.78 Å². The summed E-state index contributed by atoms with van der Waals surface area (Å²) in [6.45, 7) is 0. The first-order chi connectivity index (χ1) is 5.37. The number of rotatable bonds is 0. The Kier molecular flexibility index (Phi) is 2.53.